The molecule has 1 unspecified atom stereocenters. The minimum absolute atomic E-state index is 0.656. The van der Waals surface area contributed by atoms with Crippen molar-refractivity contribution in [2.24, 2.45) is 0 Å². The number of nitrogens with one attached hydrogen (secondary N) is 1. The van der Waals surface area contributed by atoms with E-state index in [4.69, 9.17) is 0 Å². The monoisotopic (exact) mass is 219 g/mol. The van der Waals surface area contributed by atoms with Gasteiger partial charge in [-0.2, -0.15) is 0 Å². The fourth-order valence-electron chi connectivity index (χ4n) is 2.27. The Bertz CT molecular complexity index is 338. The number of hydrogen-bond donors (Lipinski definition) is 1. The lowest BCUT2D eigenvalue weighted by atomic mass is 10.2. The molecule has 1 fully saturated rings. The summed E-state index contributed by atoms with van der Waals surface area (Å²) in [4.78, 5) is 6.76. The molecule has 2 heterocycles. The predicted octanol–water partition coefficient (Wildman–Crippen LogP) is 2.89. The molecule has 1 aromatic rings. The molecule has 0 saturated carbocycles. The Hall–Kier alpha value is -1.25. The number of hydrogen-bond acceptors (Lipinski definition) is 3. The molecule has 0 bridgehead atoms. The van der Waals surface area contributed by atoms with Gasteiger partial charge in [0, 0.05) is 19.1 Å². The fourth-order valence-corrected chi connectivity index (χ4v) is 2.27. The molecular formula is C13H21N3. The van der Waals surface area contributed by atoms with Crippen molar-refractivity contribution in [2.45, 2.75) is 39.2 Å². The van der Waals surface area contributed by atoms with E-state index in [1.54, 1.807) is 0 Å². The highest BCUT2D eigenvalue weighted by atomic mass is 15.2. The first-order chi connectivity index (χ1) is 7.81. The molecule has 3 heteroatoms. The molecular weight excluding hydrogens is 198 g/mol. The molecule has 2 rings (SSSR count). The van der Waals surface area contributed by atoms with Crippen LogP contribution in [0.1, 0.15) is 33.1 Å². The number of nitrogens with zero attached hydrogens (tertiary/aromatic N) is 2. The summed E-state index contributed by atoms with van der Waals surface area (Å²) in [6.45, 7) is 6.65. The third kappa shape index (κ3) is 2.46. The summed E-state index contributed by atoms with van der Waals surface area (Å²) in [5.74, 6) is 0. The maximum Gasteiger partial charge on any atom is 0.0575 e. The number of aromatic nitrogens is 1. The van der Waals surface area contributed by atoms with Crippen molar-refractivity contribution in [3.63, 3.8) is 0 Å². The van der Waals surface area contributed by atoms with Gasteiger partial charge < -0.3 is 10.2 Å². The van der Waals surface area contributed by atoms with E-state index in [0.29, 0.717) is 6.04 Å². The van der Waals surface area contributed by atoms with Gasteiger partial charge >= 0.3 is 0 Å². The van der Waals surface area contributed by atoms with Crippen molar-refractivity contribution in [2.75, 3.05) is 23.3 Å². The van der Waals surface area contributed by atoms with Crippen molar-refractivity contribution < 1.29 is 0 Å². The largest absolute Gasteiger partial charge is 0.384 e. The SMILES string of the molecule is CCCNc1cncc(N2CCCC2C)c1. The van der Waals surface area contributed by atoms with E-state index >= 15 is 0 Å². The summed E-state index contributed by atoms with van der Waals surface area (Å²) in [7, 11) is 0. The summed E-state index contributed by atoms with van der Waals surface area (Å²) >= 11 is 0. The molecule has 1 atom stereocenters. The van der Waals surface area contributed by atoms with Crippen molar-refractivity contribution in [3.8, 4) is 0 Å². The second kappa shape index (κ2) is 5.19. The van der Waals surface area contributed by atoms with Gasteiger partial charge in [0.15, 0.2) is 0 Å². The minimum atomic E-state index is 0.656. The predicted molar refractivity (Wildman–Crippen MR) is 69.1 cm³/mol. The second-order valence-corrected chi connectivity index (χ2v) is 4.54. The van der Waals surface area contributed by atoms with Gasteiger partial charge in [0.05, 0.1) is 23.8 Å². The topological polar surface area (TPSA) is 28.2 Å². The highest BCUT2D eigenvalue weighted by molar-refractivity contribution is 5.56. The molecule has 0 aromatic carbocycles. The van der Waals surface area contributed by atoms with Crippen LogP contribution in [-0.4, -0.2) is 24.1 Å². The quantitative estimate of drug-likeness (QED) is 0.844. The van der Waals surface area contributed by atoms with Crippen molar-refractivity contribution in [3.05, 3.63) is 18.5 Å². The van der Waals surface area contributed by atoms with E-state index in [1.165, 1.54) is 25.1 Å². The van der Waals surface area contributed by atoms with Gasteiger partial charge in [0.25, 0.3) is 0 Å². The van der Waals surface area contributed by atoms with Crippen molar-refractivity contribution in [1.29, 1.82) is 0 Å². The molecule has 0 aliphatic carbocycles. The molecule has 1 aliphatic rings. The fraction of sp³-hybridized carbons (Fsp3) is 0.615. The van der Waals surface area contributed by atoms with Crippen LogP contribution in [0.4, 0.5) is 11.4 Å². The molecule has 1 aliphatic heterocycles. The second-order valence-electron chi connectivity index (χ2n) is 4.54. The van der Waals surface area contributed by atoms with E-state index in [-0.39, 0.29) is 0 Å². The maximum atomic E-state index is 4.31. The van der Waals surface area contributed by atoms with Gasteiger partial charge in [-0.05, 0) is 32.3 Å². The van der Waals surface area contributed by atoms with E-state index in [2.05, 4.69) is 35.1 Å². The third-order valence-corrected chi connectivity index (χ3v) is 3.19. The van der Waals surface area contributed by atoms with E-state index in [9.17, 15) is 0 Å². The van der Waals surface area contributed by atoms with Crippen LogP contribution in [-0.2, 0) is 0 Å². The zero-order valence-corrected chi connectivity index (χ0v) is 10.2. The zero-order valence-electron chi connectivity index (χ0n) is 10.2. The first kappa shape index (κ1) is 11.2. The molecule has 0 spiro atoms. The Morgan fingerprint density at radius 3 is 3.06 bits per heavy atom. The standard InChI is InChI=1S/C13H21N3/c1-3-6-15-12-8-13(10-14-9-12)16-7-4-5-11(16)2/h8-11,15H,3-7H2,1-2H3. The Morgan fingerprint density at radius 1 is 1.50 bits per heavy atom. The zero-order chi connectivity index (χ0) is 11.4. The Labute approximate surface area is 97.9 Å². The van der Waals surface area contributed by atoms with Crippen molar-refractivity contribution in [1.82, 2.24) is 4.98 Å². The lowest BCUT2D eigenvalue weighted by Crippen LogP contribution is -2.26. The van der Waals surface area contributed by atoms with E-state index < -0.39 is 0 Å². The van der Waals surface area contributed by atoms with Crippen LogP contribution < -0.4 is 10.2 Å². The molecule has 0 radical (unpaired) electrons. The highest BCUT2D eigenvalue weighted by Gasteiger charge is 2.20. The Morgan fingerprint density at radius 2 is 2.38 bits per heavy atom. The lowest BCUT2D eigenvalue weighted by Gasteiger charge is -2.23. The van der Waals surface area contributed by atoms with Crippen LogP contribution in [0.15, 0.2) is 18.5 Å². The van der Waals surface area contributed by atoms with Crippen LogP contribution >= 0.6 is 0 Å². The molecule has 1 aromatic heterocycles. The first-order valence-corrected chi connectivity index (χ1v) is 6.27. The van der Waals surface area contributed by atoms with Crippen molar-refractivity contribution >= 4 is 11.4 Å². The van der Waals surface area contributed by atoms with Gasteiger partial charge in [0.2, 0.25) is 0 Å². The molecule has 3 nitrogen and oxygen atoms in total. The van der Waals surface area contributed by atoms with Crippen LogP contribution in [0.5, 0.6) is 0 Å². The number of pyridine rings is 1. The van der Waals surface area contributed by atoms with Crippen LogP contribution in [0, 0.1) is 0 Å². The van der Waals surface area contributed by atoms with Gasteiger partial charge in [-0.3, -0.25) is 4.98 Å². The Kier molecular flexibility index (Phi) is 3.65. The summed E-state index contributed by atoms with van der Waals surface area (Å²) in [6.07, 6.45) is 7.61. The average molecular weight is 219 g/mol. The van der Waals surface area contributed by atoms with Gasteiger partial charge in [0.1, 0.15) is 0 Å². The molecule has 1 N–H and O–H groups in total. The average Bonchev–Trinajstić information content (AvgIpc) is 2.73. The van der Waals surface area contributed by atoms with Crippen LogP contribution in [0.3, 0.4) is 0 Å². The van der Waals surface area contributed by atoms with E-state index in [0.717, 1.165) is 18.7 Å². The molecule has 88 valence electrons. The number of anilines is 2. The summed E-state index contributed by atoms with van der Waals surface area (Å²) in [6, 6.07) is 2.87. The van der Waals surface area contributed by atoms with Gasteiger partial charge in [-0.15, -0.1) is 0 Å². The van der Waals surface area contributed by atoms with Gasteiger partial charge in [-0.25, -0.2) is 0 Å². The van der Waals surface area contributed by atoms with E-state index in [1.807, 2.05) is 12.4 Å². The molecule has 1 saturated heterocycles. The highest BCUT2D eigenvalue weighted by Crippen LogP contribution is 2.26. The normalized spacial score (nSPS) is 20.1. The summed E-state index contributed by atoms with van der Waals surface area (Å²) in [5, 5.41) is 3.38. The van der Waals surface area contributed by atoms with Crippen LogP contribution in [0.25, 0.3) is 0 Å². The lowest BCUT2D eigenvalue weighted by molar-refractivity contribution is 0.734. The third-order valence-electron chi connectivity index (χ3n) is 3.19. The smallest absolute Gasteiger partial charge is 0.0575 e. The van der Waals surface area contributed by atoms with Crippen LogP contribution in [0.2, 0.25) is 0 Å². The molecule has 16 heavy (non-hydrogen) atoms. The minimum Gasteiger partial charge on any atom is -0.384 e. The number of rotatable bonds is 4. The summed E-state index contributed by atoms with van der Waals surface area (Å²) in [5.41, 5.74) is 2.39. The Balaban J connectivity index is 2.09. The summed E-state index contributed by atoms with van der Waals surface area (Å²) < 4.78 is 0. The first-order valence-electron chi connectivity index (χ1n) is 6.27. The molecule has 0 amide bonds. The van der Waals surface area contributed by atoms with Gasteiger partial charge in [-0.1, -0.05) is 6.92 Å². The maximum absolute atomic E-state index is 4.31.